The lowest BCUT2D eigenvalue weighted by atomic mass is 10.2. The van der Waals surface area contributed by atoms with Crippen LogP contribution in [-0.4, -0.2) is 44.7 Å². The normalized spacial score (nSPS) is 11.2. The minimum Gasteiger partial charge on any atom is -0.444 e. The molecule has 0 aromatic heterocycles. The summed E-state index contributed by atoms with van der Waals surface area (Å²) in [6, 6.07) is 12.4. The number of sulfonamides is 1. The Morgan fingerprint density at radius 3 is 1.84 bits per heavy atom. The van der Waals surface area contributed by atoms with Crippen molar-refractivity contribution in [2.75, 3.05) is 28.2 Å². The number of hydrogen-bond donors (Lipinski definition) is 4. The lowest BCUT2D eigenvalue weighted by Gasteiger charge is -2.19. The Kier molecular flexibility index (Phi) is 7.82. The standard InChI is InChI=1S/C21H26N4O6S/c1-21(2,3)31-20(28)22-13-18(26)23-15-9-11-16(12-10-15)24-19(27)14-5-7-17(8-6-14)25-32(4,29)30/h5-12,25H,13H2,1-4H3,(H,22,28)(H,23,26)(H,24,27). The van der Waals surface area contributed by atoms with E-state index in [0.717, 1.165) is 6.26 Å². The van der Waals surface area contributed by atoms with Crippen LogP contribution < -0.4 is 20.7 Å². The molecule has 0 heterocycles. The number of anilines is 3. The minimum atomic E-state index is -3.39. The molecule has 0 unspecified atom stereocenters. The molecule has 32 heavy (non-hydrogen) atoms. The highest BCUT2D eigenvalue weighted by Gasteiger charge is 2.16. The second-order valence-corrected chi connectivity index (χ2v) is 9.64. The van der Waals surface area contributed by atoms with E-state index in [1.54, 1.807) is 45.0 Å². The Morgan fingerprint density at radius 1 is 0.844 bits per heavy atom. The molecule has 0 saturated heterocycles. The van der Waals surface area contributed by atoms with E-state index in [-0.39, 0.29) is 12.5 Å². The third kappa shape index (κ3) is 9.04. The van der Waals surface area contributed by atoms with Gasteiger partial charge in [0.1, 0.15) is 12.1 Å². The first-order valence-corrected chi connectivity index (χ1v) is 11.5. The van der Waals surface area contributed by atoms with Gasteiger partial charge in [0.05, 0.1) is 6.26 Å². The van der Waals surface area contributed by atoms with Gasteiger partial charge in [-0.15, -0.1) is 0 Å². The Hall–Kier alpha value is -3.60. The zero-order chi connectivity index (χ0) is 23.9. The van der Waals surface area contributed by atoms with E-state index in [4.69, 9.17) is 4.74 Å². The van der Waals surface area contributed by atoms with Gasteiger partial charge in [0.2, 0.25) is 15.9 Å². The maximum Gasteiger partial charge on any atom is 0.408 e. The Balaban J connectivity index is 1.86. The number of benzene rings is 2. The van der Waals surface area contributed by atoms with Crippen LogP contribution in [0.25, 0.3) is 0 Å². The molecule has 0 aliphatic rings. The first-order valence-electron chi connectivity index (χ1n) is 9.57. The summed E-state index contributed by atoms with van der Waals surface area (Å²) in [5.41, 5.74) is 1.02. The molecule has 0 bridgehead atoms. The van der Waals surface area contributed by atoms with Gasteiger partial charge in [0, 0.05) is 22.6 Å². The largest absolute Gasteiger partial charge is 0.444 e. The summed E-state index contributed by atoms with van der Waals surface area (Å²) in [6.45, 7) is 4.91. The van der Waals surface area contributed by atoms with E-state index in [1.807, 2.05) is 0 Å². The van der Waals surface area contributed by atoms with Crippen LogP contribution in [0, 0.1) is 0 Å². The molecule has 10 nitrogen and oxygen atoms in total. The van der Waals surface area contributed by atoms with Gasteiger partial charge in [0.15, 0.2) is 0 Å². The molecule has 0 atom stereocenters. The number of carbonyl (C=O) groups is 3. The number of carbonyl (C=O) groups excluding carboxylic acids is 3. The second-order valence-electron chi connectivity index (χ2n) is 7.89. The summed E-state index contributed by atoms with van der Waals surface area (Å²) in [5.74, 6) is -0.815. The molecule has 4 N–H and O–H groups in total. The van der Waals surface area contributed by atoms with Gasteiger partial charge in [-0.1, -0.05) is 0 Å². The van der Waals surface area contributed by atoms with Gasteiger partial charge in [-0.25, -0.2) is 13.2 Å². The van der Waals surface area contributed by atoms with Crippen LogP contribution in [-0.2, 0) is 19.6 Å². The van der Waals surface area contributed by atoms with Crippen LogP contribution in [0.2, 0.25) is 0 Å². The van der Waals surface area contributed by atoms with E-state index in [9.17, 15) is 22.8 Å². The van der Waals surface area contributed by atoms with E-state index in [0.29, 0.717) is 22.6 Å². The number of rotatable bonds is 7. The third-order valence-corrected chi connectivity index (χ3v) is 4.28. The molecular weight excluding hydrogens is 436 g/mol. The predicted octanol–water partition coefficient (Wildman–Crippen LogP) is 2.77. The Morgan fingerprint density at radius 2 is 1.34 bits per heavy atom. The van der Waals surface area contributed by atoms with E-state index >= 15 is 0 Å². The molecule has 2 aromatic rings. The smallest absolute Gasteiger partial charge is 0.408 e. The van der Waals surface area contributed by atoms with E-state index < -0.39 is 27.6 Å². The number of amides is 3. The van der Waals surface area contributed by atoms with Gasteiger partial charge in [-0.05, 0) is 69.3 Å². The van der Waals surface area contributed by atoms with Crippen LogP contribution in [0.15, 0.2) is 48.5 Å². The third-order valence-electron chi connectivity index (χ3n) is 3.67. The summed E-state index contributed by atoms with van der Waals surface area (Å²) < 4.78 is 29.8. The maximum absolute atomic E-state index is 12.3. The van der Waals surface area contributed by atoms with Crippen LogP contribution in [0.1, 0.15) is 31.1 Å². The molecule has 172 valence electrons. The minimum absolute atomic E-state index is 0.252. The topological polar surface area (TPSA) is 143 Å². The van der Waals surface area contributed by atoms with Gasteiger partial charge in [-0.2, -0.15) is 0 Å². The highest BCUT2D eigenvalue weighted by atomic mass is 32.2. The second kappa shape index (κ2) is 10.1. The highest BCUT2D eigenvalue weighted by Crippen LogP contribution is 2.16. The van der Waals surface area contributed by atoms with Gasteiger partial charge in [-0.3, -0.25) is 14.3 Å². The van der Waals surface area contributed by atoms with Gasteiger partial charge >= 0.3 is 6.09 Å². The molecule has 0 radical (unpaired) electrons. The number of alkyl carbamates (subject to hydrolysis) is 1. The lowest BCUT2D eigenvalue weighted by molar-refractivity contribution is -0.115. The molecule has 2 aromatic carbocycles. The highest BCUT2D eigenvalue weighted by molar-refractivity contribution is 7.92. The fourth-order valence-electron chi connectivity index (χ4n) is 2.42. The van der Waals surface area contributed by atoms with Gasteiger partial charge < -0.3 is 20.7 Å². The number of hydrogen-bond acceptors (Lipinski definition) is 6. The molecule has 11 heteroatoms. The monoisotopic (exact) mass is 462 g/mol. The van der Waals surface area contributed by atoms with Crippen molar-refractivity contribution in [3.8, 4) is 0 Å². The molecule has 0 fully saturated rings. The summed E-state index contributed by atoms with van der Waals surface area (Å²) >= 11 is 0. The van der Waals surface area contributed by atoms with Crippen molar-refractivity contribution >= 4 is 45.0 Å². The SMILES string of the molecule is CC(C)(C)OC(=O)NCC(=O)Nc1ccc(NC(=O)c2ccc(NS(C)(=O)=O)cc2)cc1. The van der Waals surface area contributed by atoms with Crippen LogP contribution in [0.3, 0.4) is 0 Å². The molecule has 2 rings (SSSR count). The Bertz CT molecular complexity index is 1070. The average Bonchev–Trinajstić information content (AvgIpc) is 2.66. The lowest BCUT2D eigenvalue weighted by Crippen LogP contribution is -2.37. The average molecular weight is 463 g/mol. The van der Waals surface area contributed by atoms with Crippen molar-refractivity contribution in [2.45, 2.75) is 26.4 Å². The van der Waals surface area contributed by atoms with Crippen molar-refractivity contribution in [1.29, 1.82) is 0 Å². The fourth-order valence-corrected chi connectivity index (χ4v) is 2.98. The zero-order valence-corrected chi connectivity index (χ0v) is 19.0. The summed E-state index contributed by atoms with van der Waals surface area (Å²) in [5, 5.41) is 7.69. The summed E-state index contributed by atoms with van der Waals surface area (Å²) in [7, 11) is -3.39. The molecule has 0 aliphatic carbocycles. The van der Waals surface area contributed by atoms with Gasteiger partial charge in [0.25, 0.3) is 5.91 Å². The van der Waals surface area contributed by atoms with Crippen molar-refractivity contribution in [3.63, 3.8) is 0 Å². The van der Waals surface area contributed by atoms with Crippen molar-refractivity contribution < 1.29 is 27.5 Å². The first kappa shape index (κ1) is 24.7. The quantitative estimate of drug-likeness (QED) is 0.498. The predicted molar refractivity (Wildman–Crippen MR) is 122 cm³/mol. The van der Waals surface area contributed by atoms with Crippen molar-refractivity contribution in [1.82, 2.24) is 5.32 Å². The van der Waals surface area contributed by atoms with Crippen LogP contribution >= 0.6 is 0 Å². The van der Waals surface area contributed by atoms with Crippen LogP contribution in [0.4, 0.5) is 21.9 Å². The molecule has 3 amide bonds. The molecule has 0 saturated carbocycles. The van der Waals surface area contributed by atoms with Crippen LogP contribution in [0.5, 0.6) is 0 Å². The molecule has 0 spiro atoms. The summed E-state index contributed by atoms with van der Waals surface area (Å²) in [6.07, 6.45) is 0.350. The van der Waals surface area contributed by atoms with Crippen molar-refractivity contribution in [3.05, 3.63) is 54.1 Å². The van der Waals surface area contributed by atoms with E-state index in [2.05, 4.69) is 20.7 Å². The maximum atomic E-state index is 12.3. The summed E-state index contributed by atoms with van der Waals surface area (Å²) in [4.78, 5) is 35.9. The van der Waals surface area contributed by atoms with Crippen molar-refractivity contribution in [2.24, 2.45) is 0 Å². The van der Waals surface area contributed by atoms with E-state index in [1.165, 1.54) is 24.3 Å². The molecule has 0 aliphatic heterocycles. The number of ether oxygens (including phenoxy) is 1. The molecular formula is C21H26N4O6S. The number of nitrogens with one attached hydrogen (secondary N) is 4. The zero-order valence-electron chi connectivity index (χ0n) is 18.2. The fraction of sp³-hybridized carbons (Fsp3) is 0.286. The first-order chi connectivity index (χ1) is 14.8. The Labute approximate surface area is 186 Å².